The van der Waals surface area contributed by atoms with E-state index < -0.39 is 29.1 Å². The monoisotopic (exact) mass is 241 g/mol. The van der Waals surface area contributed by atoms with Crippen LogP contribution in [0.4, 0.5) is 8.78 Å². The first-order chi connectivity index (χ1) is 7.95. The van der Waals surface area contributed by atoms with Crippen LogP contribution in [0.15, 0.2) is 18.2 Å². The maximum absolute atomic E-state index is 13.6. The normalized spacial score (nSPS) is 29.4. The lowest BCUT2D eigenvalue weighted by atomic mass is 9.75. The van der Waals surface area contributed by atoms with Gasteiger partial charge in [0.2, 0.25) is 0 Å². The zero-order chi connectivity index (χ0) is 12.6. The molecule has 0 aromatic heterocycles. The second-order valence-corrected chi connectivity index (χ2v) is 4.37. The number of hydrogen-bond donors (Lipinski definition) is 2. The number of ketones is 1. The molecule has 1 aliphatic carbocycles. The molecule has 2 unspecified atom stereocenters. The van der Waals surface area contributed by atoms with E-state index in [0.29, 0.717) is 18.9 Å². The van der Waals surface area contributed by atoms with E-state index in [2.05, 4.69) is 0 Å². The minimum absolute atomic E-state index is 0.0531. The topological polar surface area (TPSA) is 63.3 Å². The van der Waals surface area contributed by atoms with Crippen LogP contribution in [0.5, 0.6) is 0 Å². The summed E-state index contributed by atoms with van der Waals surface area (Å²) in [5.41, 5.74) is 4.29. The molecule has 2 rings (SSSR count). The largest absolute Gasteiger partial charge is 0.385 e. The van der Waals surface area contributed by atoms with Gasteiger partial charge in [0.25, 0.3) is 0 Å². The number of carbonyl (C=O) groups excluding carboxylic acids is 1. The Balaban J connectivity index is 2.46. The van der Waals surface area contributed by atoms with Crippen LogP contribution in [0.2, 0.25) is 0 Å². The van der Waals surface area contributed by atoms with Crippen LogP contribution in [0.1, 0.15) is 24.8 Å². The van der Waals surface area contributed by atoms with Gasteiger partial charge in [-0.1, -0.05) is 6.07 Å². The molecule has 0 aliphatic heterocycles. The first-order valence-corrected chi connectivity index (χ1v) is 5.42. The number of hydrogen-bond acceptors (Lipinski definition) is 3. The average molecular weight is 241 g/mol. The highest BCUT2D eigenvalue weighted by atomic mass is 19.1. The van der Waals surface area contributed by atoms with Crippen LogP contribution in [-0.4, -0.2) is 17.0 Å². The van der Waals surface area contributed by atoms with Gasteiger partial charge < -0.3 is 10.8 Å². The lowest BCUT2D eigenvalue weighted by Crippen LogP contribution is -2.53. The molecule has 0 amide bonds. The molecule has 0 bridgehead atoms. The summed E-state index contributed by atoms with van der Waals surface area (Å²) in [6.45, 7) is 0. The first kappa shape index (κ1) is 12.1. The van der Waals surface area contributed by atoms with E-state index in [1.807, 2.05) is 0 Å². The van der Waals surface area contributed by atoms with Crippen LogP contribution in [0.3, 0.4) is 0 Å². The molecule has 1 aromatic carbocycles. The Morgan fingerprint density at radius 2 is 2.12 bits per heavy atom. The third kappa shape index (κ3) is 1.96. The van der Waals surface area contributed by atoms with Crippen molar-refractivity contribution >= 4 is 5.78 Å². The zero-order valence-electron chi connectivity index (χ0n) is 9.12. The smallest absolute Gasteiger partial charge is 0.185 e. The van der Waals surface area contributed by atoms with E-state index in [9.17, 15) is 18.7 Å². The van der Waals surface area contributed by atoms with Crippen molar-refractivity contribution in [2.24, 2.45) is 5.73 Å². The van der Waals surface area contributed by atoms with Gasteiger partial charge in [-0.05, 0) is 25.3 Å². The fourth-order valence-electron chi connectivity index (χ4n) is 2.24. The van der Waals surface area contributed by atoms with Crippen molar-refractivity contribution in [2.45, 2.75) is 30.9 Å². The van der Waals surface area contributed by atoms with Gasteiger partial charge in [-0.15, -0.1) is 0 Å². The van der Waals surface area contributed by atoms with E-state index in [-0.39, 0.29) is 12.0 Å². The molecule has 0 spiro atoms. The van der Waals surface area contributed by atoms with Crippen molar-refractivity contribution in [3.8, 4) is 0 Å². The van der Waals surface area contributed by atoms with E-state index in [1.165, 1.54) is 6.07 Å². The first-order valence-electron chi connectivity index (χ1n) is 5.42. The molecular formula is C12H13F2NO2. The molecule has 0 heterocycles. The number of halogens is 2. The van der Waals surface area contributed by atoms with Crippen molar-refractivity contribution in [1.82, 2.24) is 0 Å². The summed E-state index contributed by atoms with van der Waals surface area (Å²) in [4.78, 5) is 11.8. The molecule has 17 heavy (non-hydrogen) atoms. The standard InChI is InChI=1S/C12H13F2NO2/c13-7-3-4-8(9(14)6-7)12(15)5-1-2-10(16)11(12)17/h3-4,6,10,16H,1-2,5,15H2. The summed E-state index contributed by atoms with van der Waals surface area (Å²) in [6, 6.07) is 2.92. The van der Waals surface area contributed by atoms with Crippen LogP contribution in [-0.2, 0) is 10.3 Å². The lowest BCUT2D eigenvalue weighted by Gasteiger charge is -2.34. The Labute approximate surface area is 97.2 Å². The van der Waals surface area contributed by atoms with Gasteiger partial charge in [0.05, 0.1) is 0 Å². The van der Waals surface area contributed by atoms with Crippen LogP contribution in [0.25, 0.3) is 0 Å². The maximum atomic E-state index is 13.6. The van der Waals surface area contributed by atoms with Gasteiger partial charge in [-0.3, -0.25) is 4.79 Å². The quantitative estimate of drug-likeness (QED) is 0.777. The minimum Gasteiger partial charge on any atom is -0.385 e. The van der Waals surface area contributed by atoms with E-state index in [1.54, 1.807) is 0 Å². The molecule has 1 fully saturated rings. The fraction of sp³-hybridized carbons (Fsp3) is 0.417. The van der Waals surface area contributed by atoms with Crippen molar-refractivity contribution < 1.29 is 18.7 Å². The van der Waals surface area contributed by atoms with E-state index in [4.69, 9.17) is 5.73 Å². The number of rotatable bonds is 1. The Morgan fingerprint density at radius 1 is 1.41 bits per heavy atom. The predicted molar refractivity (Wildman–Crippen MR) is 57.1 cm³/mol. The van der Waals surface area contributed by atoms with Crippen LogP contribution in [0, 0.1) is 11.6 Å². The third-order valence-electron chi connectivity index (χ3n) is 3.20. The summed E-state index contributed by atoms with van der Waals surface area (Å²) in [5, 5.41) is 9.49. The van der Waals surface area contributed by atoms with Gasteiger partial charge in [0.1, 0.15) is 23.3 Å². The Bertz CT molecular complexity index is 464. The molecule has 3 N–H and O–H groups in total. The number of carbonyl (C=O) groups is 1. The number of Topliss-reactive ketones (excluding diaryl/α,β-unsaturated/α-hetero) is 1. The summed E-state index contributed by atoms with van der Waals surface area (Å²) in [6.07, 6.45) is -0.0510. The second kappa shape index (κ2) is 4.16. The summed E-state index contributed by atoms with van der Waals surface area (Å²) in [7, 11) is 0. The van der Waals surface area contributed by atoms with Gasteiger partial charge in [0, 0.05) is 11.6 Å². The van der Waals surface area contributed by atoms with Gasteiger partial charge in [-0.25, -0.2) is 8.78 Å². The highest BCUT2D eigenvalue weighted by Crippen LogP contribution is 2.33. The van der Waals surface area contributed by atoms with Gasteiger partial charge >= 0.3 is 0 Å². The van der Waals surface area contributed by atoms with Gasteiger partial charge in [0.15, 0.2) is 5.78 Å². The van der Waals surface area contributed by atoms with E-state index >= 15 is 0 Å². The lowest BCUT2D eigenvalue weighted by molar-refractivity contribution is -0.136. The van der Waals surface area contributed by atoms with Crippen LogP contribution < -0.4 is 5.73 Å². The maximum Gasteiger partial charge on any atom is 0.185 e. The zero-order valence-corrected chi connectivity index (χ0v) is 9.12. The third-order valence-corrected chi connectivity index (χ3v) is 3.20. The second-order valence-electron chi connectivity index (χ2n) is 4.37. The number of aliphatic hydroxyl groups is 1. The summed E-state index contributed by atoms with van der Waals surface area (Å²) in [5.74, 6) is -2.18. The molecule has 1 aromatic rings. The minimum atomic E-state index is -1.55. The molecule has 1 aliphatic rings. The molecule has 2 atom stereocenters. The number of nitrogens with two attached hydrogens (primary N) is 1. The highest BCUT2D eigenvalue weighted by Gasteiger charge is 2.43. The average Bonchev–Trinajstić information content (AvgIpc) is 2.25. The number of benzene rings is 1. The SMILES string of the molecule is NC1(c2ccc(F)cc2F)CCCC(O)C1=O. The molecule has 0 radical (unpaired) electrons. The molecule has 0 saturated heterocycles. The van der Waals surface area contributed by atoms with Crippen molar-refractivity contribution in [1.29, 1.82) is 0 Å². The number of aliphatic hydroxyl groups excluding tert-OH is 1. The Morgan fingerprint density at radius 3 is 2.76 bits per heavy atom. The van der Waals surface area contributed by atoms with Crippen molar-refractivity contribution in [3.63, 3.8) is 0 Å². The summed E-state index contributed by atoms with van der Waals surface area (Å²) < 4.78 is 26.4. The fourth-order valence-corrected chi connectivity index (χ4v) is 2.24. The Kier molecular flexibility index (Phi) is 2.97. The molecule has 5 heteroatoms. The highest BCUT2D eigenvalue weighted by molar-refractivity contribution is 5.93. The molecule has 92 valence electrons. The molecule has 3 nitrogen and oxygen atoms in total. The van der Waals surface area contributed by atoms with Crippen LogP contribution >= 0.6 is 0 Å². The van der Waals surface area contributed by atoms with Crippen molar-refractivity contribution in [3.05, 3.63) is 35.4 Å². The van der Waals surface area contributed by atoms with Crippen molar-refractivity contribution in [2.75, 3.05) is 0 Å². The molecular weight excluding hydrogens is 228 g/mol. The molecule has 1 saturated carbocycles. The predicted octanol–water partition coefficient (Wildman–Crippen LogP) is 1.23. The van der Waals surface area contributed by atoms with Gasteiger partial charge in [-0.2, -0.15) is 0 Å². The van der Waals surface area contributed by atoms with E-state index in [0.717, 1.165) is 6.07 Å². The summed E-state index contributed by atoms with van der Waals surface area (Å²) >= 11 is 0. The Hall–Kier alpha value is -1.33.